The van der Waals surface area contributed by atoms with E-state index < -0.39 is 0 Å². The molecule has 1 aliphatic carbocycles. The molecule has 2 aromatic rings. The van der Waals surface area contributed by atoms with Crippen LogP contribution in [0.3, 0.4) is 0 Å². The fraction of sp³-hybridized carbons (Fsp3) is 0.467. The fourth-order valence-corrected chi connectivity index (χ4v) is 3.34. The quantitative estimate of drug-likeness (QED) is 0.889. The van der Waals surface area contributed by atoms with E-state index in [1.54, 1.807) is 0 Å². The number of aryl methyl sites for hydroxylation is 1. The van der Waals surface area contributed by atoms with Crippen molar-refractivity contribution < 1.29 is 0 Å². The molecule has 0 atom stereocenters. The van der Waals surface area contributed by atoms with Gasteiger partial charge >= 0.3 is 0 Å². The Kier molecular flexibility index (Phi) is 3.12. The summed E-state index contributed by atoms with van der Waals surface area (Å²) in [6, 6.07) is 8.62. The van der Waals surface area contributed by atoms with Gasteiger partial charge in [0.25, 0.3) is 0 Å². The van der Waals surface area contributed by atoms with Gasteiger partial charge in [0.15, 0.2) is 0 Å². The number of thioether (sulfide) groups is 1. The molecule has 1 aliphatic rings. The van der Waals surface area contributed by atoms with Gasteiger partial charge in [-0.15, -0.1) is 0 Å². The molecule has 1 aromatic carbocycles. The summed E-state index contributed by atoms with van der Waals surface area (Å²) in [4.78, 5) is 0. The highest BCUT2D eigenvalue weighted by atomic mass is 32.2. The molecule has 0 amide bonds. The zero-order valence-corrected chi connectivity index (χ0v) is 11.9. The highest BCUT2D eigenvalue weighted by Crippen LogP contribution is 2.46. The van der Waals surface area contributed by atoms with E-state index in [1.807, 2.05) is 11.8 Å². The molecule has 3 rings (SSSR count). The minimum atomic E-state index is 0.546. The number of fused-ring (bicyclic) bond motifs is 1. The molecule has 0 saturated heterocycles. The topological polar surface area (TPSA) is 17.0 Å². The van der Waals surface area contributed by atoms with E-state index >= 15 is 0 Å². The minimum Gasteiger partial charge on any atom is -0.350 e. The summed E-state index contributed by atoms with van der Waals surface area (Å²) in [6.45, 7) is 2.11. The Bertz CT molecular complexity index is 555. The second-order valence-corrected chi connectivity index (χ2v) is 6.55. The van der Waals surface area contributed by atoms with Crippen molar-refractivity contribution in [3.63, 3.8) is 0 Å². The van der Waals surface area contributed by atoms with Crippen LogP contribution in [0.2, 0.25) is 0 Å². The zero-order valence-electron chi connectivity index (χ0n) is 11.1. The highest BCUT2D eigenvalue weighted by molar-refractivity contribution is 8.00. The second kappa shape index (κ2) is 4.63. The van der Waals surface area contributed by atoms with Crippen molar-refractivity contribution in [1.82, 2.24) is 9.88 Å². The Labute approximate surface area is 113 Å². The van der Waals surface area contributed by atoms with E-state index in [1.165, 1.54) is 29.3 Å². The molecule has 1 fully saturated rings. The third kappa shape index (κ3) is 2.17. The summed E-state index contributed by atoms with van der Waals surface area (Å²) in [5.41, 5.74) is 2.73. The first-order valence-corrected chi connectivity index (χ1v) is 7.75. The molecule has 1 saturated carbocycles. The van der Waals surface area contributed by atoms with Crippen LogP contribution in [0, 0.1) is 0 Å². The van der Waals surface area contributed by atoms with Crippen molar-refractivity contribution in [1.29, 1.82) is 0 Å². The SMILES string of the molecule is CSC1(CNCc2cn(C)c3ccccc23)CC1. The number of aromatic nitrogens is 1. The maximum absolute atomic E-state index is 3.63. The first-order valence-electron chi connectivity index (χ1n) is 6.53. The van der Waals surface area contributed by atoms with Gasteiger partial charge in [-0.1, -0.05) is 18.2 Å². The van der Waals surface area contributed by atoms with E-state index in [4.69, 9.17) is 0 Å². The van der Waals surface area contributed by atoms with Gasteiger partial charge in [0.1, 0.15) is 0 Å². The first kappa shape index (κ1) is 12.1. The smallest absolute Gasteiger partial charge is 0.0481 e. The largest absolute Gasteiger partial charge is 0.350 e. The lowest BCUT2D eigenvalue weighted by atomic mass is 10.2. The zero-order chi connectivity index (χ0) is 12.6. The van der Waals surface area contributed by atoms with E-state index in [9.17, 15) is 0 Å². The summed E-state index contributed by atoms with van der Waals surface area (Å²) in [7, 11) is 2.12. The van der Waals surface area contributed by atoms with Gasteiger partial charge in [0, 0.05) is 42.0 Å². The molecule has 0 unspecified atom stereocenters. The number of benzene rings is 1. The van der Waals surface area contributed by atoms with Gasteiger partial charge < -0.3 is 9.88 Å². The second-order valence-electron chi connectivity index (χ2n) is 5.27. The normalized spacial score (nSPS) is 17.2. The Morgan fingerprint density at radius 2 is 2.11 bits per heavy atom. The van der Waals surface area contributed by atoms with Crippen LogP contribution in [0.1, 0.15) is 18.4 Å². The van der Waals surface area contributed by atoms with Crippen LogP contribution < -0.4 is 5.32 Å². The molecule has 1 aromatic heterocycles. The number of para-hydroxylation sites is 1. The number of rotatable bonds is 5. The average Bonchev–Trinajstić information content (AvgIpc) is 3.11. The minimum absolute atomic E-state index is 0.546. The maximum atomic E-state index is 3.63. The summed E-state index contributed by atoms with van der Waals surface area (Å²) in [5.74, 6) is 0. The molecule has 18 heavy (non-hydrogen) atoms. The Hall–Kier alpha value is -0.930. The van der Waals surface area contributed by atoms with Crippen molar-refractivity contribution in [2.75, 3.05) is 12.8 Å². The lowest BCUT2D eigenvalue weighted by Crippen LogP contribution is -2.25. The van der Waals surface area contributed by atoms with Gasteiger partial charge in [-0.2, -0.15) is 11.8 Å². The molecule has 1 heterocycles. The Morgan fingerprint density at radius 3 is 2.83 bits per heavy atom. The van der Waals surface area contributed by atoms with Crippen LogP contribution in [0.25, 0.3) is 10.9 Å². The lowest BCUT2D eigenvalue weighted by molar-refractivity contribution is 0.664. The van der Waals surface area contributed by atoms with Crippen molar-refractivity contribution in [3.8, 4) is 0 Å². The van der Waals surface area contributed by atoms with Crippen molar-refractivity contribution >= 4 is 22.7 Å². The van der Waals surface area contributed by atoms with E-state index in [-0.39, 0.29) is 0 Å². The van der Waals surface area contributed by atoms with E-state index in [0.717, 1.165) is 13.1 Å². The van der Waals surface area contributed by atoms with Crippen LogP contribution in [0.15, 0.2) is 30.5 Å². The number of hydrogen-bond donors (Lipinski definition) is 1. The predicted octanol–water partition coefficient (Wildman–Crippen LogP) is 3.16. The van der Waals surface area contributed by atoms with Crippen LogP contribution in [0.4, 0.5) is 0 Å². The van der Waals surface area contributed by atoms with Gasteiger partial charge in [-0.3, -0.25) is 0 Å². The summed E-state index contributed by atoms with van der Waals surface area (Å²) >= 11 is 2.01. The molecular weight excluding hydrogens is 240 g/mol. The molecule has 0 spiro atoms. The Morgan fingerprint density at radius 1 is 1.33 bits per heavy atom. The molecule has 0 radical (unpaired) electrons. The maximum Gasteiger partial charge on any atom is 0.0481 e. The number of hydrogen-bond acceptors (Lipinski definition) is 2. The highest BCUT2D eigenvalue weighted by Gasteiger charge is 2.41. The van der Waals surface area contributed by atoms with Gasteiger partial charge in [0.2, 0.25) is 0 Å². The predicted molar refractivity (Wildman–Crippen MR) is 80.1 cm³/mol. The fourth-order valence-electron chi connectivity index (χ4n) is 2.58. The van der Waals surface area contributed by atoms with Gasteiger partial charge in [-0.25, -0.2) is 0 Å². The Balaban J connectivity index is 1.71. The van der Waals surface area contributed by atoms with Crippen LogP contribution in [-0.4, -0.2) is 22.1 Å². The number of nitrogens with zero attached hydrogens (tertiary/aromatic N) is 1. The molecular formula is C15H20N2S. The molecule has 96 valence electrons. The first-order chi connectivity index (χ1) is 8.74. The van der Waals surface area contributed by atoms with Crippen molar-refractivity contribution in [3.05, 3.63) is 36.0 Å². The van der Waals surface area contributed by atoms with Crippen LogP contribution >= 0.6 is 11.8 Å². The van der Waals surface area contributed by atoms with E-state index in [2.05, 4.69) is 53.6 Å². The van der Waals surface area contributed by atoms with Crippen LogP contribution in [0.5, 0.6) is 0 Å². The van der Waals surface area contributed by atoms with Crippen LogP contribution in [-0.2, 0) is 13.6 Å². The number of nitrogens with one attached hydrogen (secondary N) is 1. The summed E-state index contributed by atoms with van der Waals surface area (Å²) in [6.07, 6.45) is 7.22. The van der Waals surface area contributed by atoms with Crippen molar-refractivity contribution in [2.24, 2.45) is 7.05 Å². The standard InChI is InChI=1S/C15H20N2S/c1-17-10-12(13-5-3-4-6-14(13)17)9-16-11-15(18-2)7-8-15/h3-6,10,16H,7-9,11H2,1-2H3. The summed E-state index contributed by atoms with van der Waals surface area (Å²) in [5, 5.41) is 5.00. The van der Waals surface area contributed by atoms with Gasteiger partial charge in [-0.05, 0) is 30.7 Å². The van der Waals surface area contributed by atoms with Crippen molar-refractivity contribution in [2.45, 2.75) is 24.1 Å². The van der Waals surface area contributed by atoms with E-state index in [0.29, 0.717) is 4.75 Å². The van der Waals surface area contributed by atoms with Gasteiger partial charge in [0.05, 0.1) is 0 Å². The summed E-state index contributed by atoms with van der Waals surface area (Å²) < 4.78 is 2.76. The molecule has 0 bridgehead atoms. The molecule has 0 aliphatic heterocycles. The molecule has 3 heteroatoms. The molecule has 2 nitrogen and oxygen atoms in total. The monoisotopic (exact) mass is 260 g/mol. The third-order valence-corrected chi connectivity index (χ3v) is 5.40. The lowest BCUT2D eigenvalue weighted by Gasteiger charge is -2.12. The third-order valence-electron chi connectivity index (χ3n) is 3.98. The molecule has 1 N–H and O–H groups in total. The average molecular weight is 260 g/mol.